The van der Waals surface area contributed by atoms with Gasteiger partial charge in [-0.05, 0) is 20.3 Å². The molecule has 0 aromatic carbocycles. The number of rotatable bonds is 7. The maximum atomic E-state index is 5.80. The Morgan fingerprint density at radius 1 is 1.62 bits per heavy atom. The van der Waals surface area contributed by atoms with E-state index < -0.39 is 0 Å². The van der Waals surface area contributed by atoms with Gasteiger partial charge in [-0.3, -0.25) is 0 Å². The number of nitrogens with one attached hydrogen (secondary N) is 2. The summed E-state index contributed by atoms with van der Waals surface area (Å²) < 4.78 is 15.9. The highest BCUT2D eigenvalue weighted by Crippen LogP contribution is 2.08. The number of hydrogen-bond acceptors (Lipinski definition) is 5. The second-order valence-electron chi connectivity index (χ2n) is 5.05. The Morgan fingerprint density at radius 3 is 3.19 bits per heavy atom. The van der Waals surface area contributed by atoms with Crippen LogP contribution in [0.3, 0.4) is 0 Å². The molecule has 0 aliphatic carbocycles. The van der Waals surface area contributed by atoms with Gasteiger partial charge in [0, 0.05) is 25.3 Å². The summed E-state index contributed by atoms with van der Waals surface area (Å²) in [6.07, 6.45) is 2.75. The van der Waals surface area contributed by atoms with Crippen molar-refractivity contribution in [3.05, 3.63) is 18.0 Å². The van der Waals surface area contributed by atoms with E-state index in [0.717, 1.165) is 31.2 Å². The van der Waals surface area contributed by atoms with Crippen molar-refractivity contribution in [1.29, 1.82) is 0 Å². The van der Waals surface area contributed by atoms with Gasteiger partial charge < -0.3 is 24.6 Å². The second-order valence-corrected chi connectivity index (χ2v) is 5.05. The molecule has 0 saturated carbocycles. The smallest absolute Gasteiger partial charge is 0.191 e. The van der Waals surface area contributed by atoms with Crippen LogP contribution in [0.2, 0.25) is 0 Å². The highest BCUT2D eigenvalue weighted by Gasteiger charge is 2.17. The van der Waals surface area contributed by atoms with Gasteiger partial charge in [-0.2, -0.15) is 0 Å². The largest absolute Gasteiger partial charge is 0.379 e. The predicted octanol–water partition coefficient (Wildman–Crippen LogP) is 0.924. The molecule has 2 rings (SSSR count). The zero-order valence-corrected chi connectivity index (χ0v) is 12.7. The first-order chi connectivity index (χ1) is 10.3. The Hall–Kier alpha value is -1.60. The van der Waals surface area contributed by atoms with Crippen molar-refractivity contribution in [2.24, 2.45) is 4.99 Å². The number of aromatic nitrogens is 1. The standard InChI is InChI=1S/C14H24N4O3/c1-3-15-14(16-8-12-4-7-21-18-12)17-11(2)9-20-13-5-6-19-10-13/h4,7,11,13H,3,5-6,8-10H2,1-2H3,(H2,15,16,17). The molecule has 0 spiro atoms. The van der Waals surface area contributed by atoms with Crippen LogP contribution < -0.4 is 10.6 Å². The van der Waals surface area contributed by atoms with Gasteiger partial charge >= 0.3 is 0 Å². The monoisotopic (exact) mass is 296 g/mol. The maximum Gasteiger partial charge on any atom is 0.191 e. The van der Waals surface area contributed by atoms with E-state index in [-0.39, 0.29) is 12.1 Å². The maximum absolute atomic E-state index is 5.80. The van der Waals surface area contributed by atoms with E-state index in [4.69, 9.17) is 14.0 Å². The lowest BCUT2D eigenvalue weighted by Crippen LogP contribution is -2.44. The Morgan fingerprint density at radius 2 is 2.52 bits per heavy atom. The van der Waals surface area contributed by atoms with Crippen LogP contribution in [0, 0.1) is 0 Å². The van der Waals surface area contributed by atoms with Gasteiger partial charge in [-0.1, -0.05) is 5.16 Å². The van der Waals surface area contributed by atoms with Crippen molar-refractivity contribution in [2.75, 3.05) is 26.4 Å². The number of aliphatic imine (C=N–C) groups is 1. The fourth-order valence-corrected chi connectivity index (χ4v) is 2.00. The normalized spacial score (nSPS) is 20.5. The lowest BCUT2D eigenvalue weighted by atomic mass is 10.3. The Kier molecular flexibility index (Phi) is 6.49. The number of hydrogen-bond donors (Lipinski definition) is 2. The minimum atomic E-state index is 0.167. The molecular weight excluding hydrogens is 272 g/mol. The van der Waals surface area contributed by atoms with Crippen LogP contribution in [0.25, 0.3) is 0 Å². The van der Waals surface area contributed by atoms with Crippen molar-refractivity contribution in [1.82, 2.24) is 15.8 Å². The zero-order valence-electron chi connectivity index (χ0n) is 12.7. The third-order valence-corrected chi connectivity index (χ3v) is 3.09. The van der Waals surface area contributed by atoms with E-state index in [1.54, 1.807) is 12.3 Å². The SMILES string of the molecule is CCNC(=NCc1ccon1)NC(C)COC1CCOC1. The summed E-state index contributed by atoms with van der Waals surface area (Å²) in [6, 6.07) is 1.97. The molecule has 1 aliphatic heterocycles. The predicted molar refractivity (Wildman–Crippen MR) is 79.1 cm³/mol. The second kappa shape index (κ2) is 8.63. The molecule has 1 fully saturated rings. The van der Waals surface area contributed by atoms with E-state index in [2.05, 4.69) is 27.7 Å². The molecule has 7 heteroatoms. The molecule has 1 aliphatic rings. The van der Waals surface area contributed by atoms with Gasteiger partial charge in [0.1, 0.15) is 12.0 Å². The molecule has 21 heavy (non-hydrogen) atoms. The van der Waals surface area contributed by atoms with E-state index >= 15 is 0 Å². The van der Waals surface area contributed by atoms with Gasteiger partial charge in [0.15, 0.2) is 5.96 Å². The first-order valence-corrected chi connectivity index (χ1v) is 7.41. The van der Waals surface area contributed by atoms with Crippen LogP contribution >= 0.6 is 0 Å². The quantitative estimate of drug-likeness (QED) is 0.575. The molecule has 0 amide bonds. The Labute approximate surface area is 125 Å². The fraction of sp³-hybridized carbons (Fsp3) is 0.714. The molecule has 1 saturated heterocycles. The van der Waals surface area contributed by atoms with Crippen molar-refractivity contribution in [2.45, 2.75) is 39.0 Å². The van der Waals surface area contributed by atoms with Crippen molar-refractivity contribution < 1.29 is 14.0 Å². The number of ether oxygens (including phenoxy) is 2. The molecule has 1 aromatic rings. The number of guanidine groups is 1. The summed E-state index contributed by atoms with van der Waals surface area (Å²) in [5.41, 5.74) is 0.805. The third kappa shape index (κ3) is 5.73. The molecule has 1 aromatic heterocycles. The van der Waals surface area contributed by atoms with Crippen LogP contribution in [-0.2, 0) is 16.0 Å². The molecule has 0 bridgehead atoms. The summed E-state index contributed by atoms with van der Waals surface area (Å²) in [5.74, 6) is 0.749. The molecule has 7 nitrogen and oxygen atoms in total. The Balaban J connectivity index is 1.75. The minimum Gasteiger partial charge on any atom is -0.379 e. The lowest BCUT2D eigenvalue weighted by Gasteiger charge is -2.19. The zero-order chi connectivity index (χ0) is 14.9. The third-order valence-electron chi connectivity index (χ3n) is 3.09. The van der Waals surface area contributed by atoms with Crippen LogP contribution in [0.15, 0.2) is 21.8 Å². The van der Waals surface area contributed by atoms with Gasteiger partial charge in [-0.25, -0.2) is 4.99 Å². The van der Waals surface area contributed by atoms with Crippen LogP contribution in [0.5, 0.6) is 0 Å². The molecule has 0 radical (unpaired) electrons. The molecule has 2 atom stereocenters. The van der Waals surface area contributed by atoms with Crippen LogP contribution in [0.4, 0.5) is 0 Å². The molecule has 2 N–H and O–H groups in total. The van der Waals surface area contributed by atoms with Gasteiger partial charge in [0.05, 0.1) is 25.9 Å². The Bertz CT molecular complexity index is 416. The van der Waals surface area contributed by atoms with Gasteiger partial charge in [0.2, 0.25) is 0 Å². The van der Waals surface area contributed by atoms with Gasteiger partial charge in [0.25, 0.3) is 0 Å². The van der Waals surface area contributed by atoms with Crippen LogP contribution in [0.1, 0.15) is 26.0 Å². The molecular formula is C14H24N4O3. The average Bonchev–Trinajstić information content (AvgIpc) is 3.16. The highest BCUT2D eigenvalue weighted by atomic mass is 16.5. The average molecular weight is 296 g/mol. The van der Waals surface area contributed by atoms with E-state index in [9.17, 15) is 0 Å². The summed E-state index contributed by atoms with van der Waals surface area (Å²) >= 11 is 0. The summed E-state index contributed by atoms with van der Waals surface area (Å²) in [6.45, 7) is 7.51. The van der Waals surface area contributed by atoms with E-state index in [1.165, 1.54) is 0 Å². The molecule has 118 valence electrons. The number of nitrogens with zero attached hydrogens (tertiary/aromatic N) is 2. The summed E-state index contributed by atoms with van der Waals surface area (Å²) in [4.78, 5) is 4.47. The van der Waals surface area contributed by atoms with Crippen molar-refractivity contribution in [3.8, 4) is 0 Å². The topological polar surface area (TPSA) is 80.9 Å². The first kappa shape index (κ1) is 15.8. The van der Waals surface area contributed by atoms with Gasteiger partial charge in [-0.15, -0.1) is 0 Å². The van der Waals surface area contributed by atoms with Crippen molar-refractivity contribution in [3.63, 3.8) is 0 Å². The van der Waals surface area contributed by atoms with Crippen molar-refractivity contribution >= 4 is 5.96 Å². The van der Waals surface area contributed by atoms with E-state index in [1.807, 2.05) is 6.92 Å². The lowest BCUT2D eigenvalue weighted by molar-refractivity contribution is 0.0347. The summed E-state index contributed by atoms with van der Waals surface area (Å²) in [7, 11) is 0. The first-order valence-electron chi connectivity index (χ1n) is 7.41. The van der Waals surface area contributed by atoms with Crippen LogP contribution in [-0.4, -0.2) is 49.6 Å². The molecule has 2 unspecified atom stereocenters. The molecule has 2 heterocycles. The highest BCUT2D eigenvalue weighted by molar-refractivity contribution is 5.80. The summed E-state index contributed by atoms with van der Waals surface area (Å²) in [5, 5.41) is 10.4. The minimum absolute atomic E-state index is 0.167. The van der Waals surface area contributed by atoms with E-state index in [0.29, 0.717) is 19.8 Å². The fourth-order valence-electron chi connectivity index (χ4n) is 2.00.